The Morgan fingerprint density at radius 1 is 0.957 bits per heavy atom. The van der Waals surface area contributed by atoms with E-state index in [1.807, 2.05) is 55.6 Å². The van der Waals surface area contributed by atoms with Crippen LogP contribution in [0.5, 0.6) is 17.2 Å². The summed E-state index contributed by atoms with van der Waals surface area (Å²) in [6.07, 6.45) is 2.71. The van der Waals surface area contributed by atoms with Crippen molar-refractivity contribution in [2.45, 2.75) is 6.10 Å². The average molecular weight is 310 g/mol. The van der Waals surface area contributed by atoms with Crippen LogP contribution in [0.1, 0.15) is 17.5 Å². The number of nitrogens with zero attached hydrogens (tertiary/aromatic N) is 2. The van der Waals surface area contributed by atoms with Gasteiger partial charge < -0.3 is 19.1 Å². The molecule has 0 saturated heterocycles. The molecule has 1 aromatic heterocycles. The molecule has 3 aromatic rings. The highest BCUT2D eigenvalue weighted by atomic mass is 16.5. The maximum Gasteiger partial charge on any atom is 0.142 e. The number of benzene rings is 2. The Hall–Kier alpha value is -2.79. The minimum atomic E-state index is -0.759. The van der Waals surface area contributed by atoms with E-state index in [2.05, 4.69) is 4.98 Å². The van der Waals surface area contributed by atoms with Gasteiger partial charge in [0.05, 0.1) is 7.11 Å². The monoisotopic (exact) mass is 310 g/mol. The number of rotatable bonds is 5. The molecule has 0 aliphatic heterocycles. The number of hydrogen-bond acceptors (Lipinski definition) is 4. The first kappa shape index (κ1) is 15.1. The molecule has 0 saturated carbocycles. The quantitative estimate of drug-likeness (QED) is 0.785. The van der Waals surface area contributed by atoms with Crippen molar-refractivity contribution in [3.05, 3.63) is 72.3 Å². The van der Waals surface area contributed by atoms with E-state index >= 15 is 0 Å². The molecule has 0 aliphatic carbocycles. The van der Waals surface area contributed by atoms with Gasteiger partial charge in [-0.25, -0.2) is 4.98 Å². The summed E-state index contributed by atoms with van der Waals surface area (Å²) in [6, 6.07) is 14.7. The molecule has 0 aliphatic rings. The summed E-state index contributed by atoms with van der Waals surface area (Å²) < 4.78 is 12.7. The molecule has 5 heteroatoms. The fraction of sp³-hybridized carbons (Fsp3) is 0.167. The molecule has 0 bridgehead atoms. The van der Waals surface area contributed by atoms with E-state index in [9.17, 15) is 5.11 Å². The van der Waals surface area contributed by atoms with E-state index in [1.54, 1.807) is 24.1 Å². The van der Waals surface area contributed by atoms with Crippen molar-refractivity contribution >= 4 is 0 Å². The van der Waals surface area contributed by atoms with Crippen LogP contribution in [0.25, 0.3) is 0 Å². The Kier molecular flexibility index (Phi) is 4.30. The van der Waals surface area contributed by atoms with Crippen LogP contribution in [-0.2, 0) is 7.05 Å². The van der Waals surface area contributed by atoms with E-state index in [-0.39, 0.29) is 0 Å². The second-order valence-corrected chi connectivity index (χ2v) is 5.15. The summed E-state index contributed by atoms with van der Waals surface area (Å²) >= 11 is 0. The Morgan fingerprint density at radius 3 is 2.04 bits per heavy atom. The van der Waals surface area contributed by atoms with Crippen molar-refractivity contribution < 1.29 is 14.6 Å². The summed E-state index contributed by atoms with van der Waals surface area (Å²) in [7, 11) is 3.48. The van der Waals surface area contributed by atoms with Crippen molar-refractivity contribution in [2.75, 3.05) is 7.11 Å². The molecule has 23 heavy (non-hydrogen) atoms. The molecule has 1 atom stereocenters. The average Bonchev–Trinajstić information content (AvgIpc) is 3.02. The van der Waals surface area contributed by atoms with E-state index in [4.69, 9.17) is 9.47 Å². The molecule has 118 valence electrons. The number of imidazole rings is 1. The molecule has 0 amide bonds. The number of methoxy groups -OCH3 is 1. The number of aliphatic hydroxyl groups is 1. The van der Waals surface area contributed by atoms with Crippen molar-refractivity contribution in [1.29, 1.82) is 0 Å². The van der Waals surface area contributed by atoms with Crippen LogP contribution in [0.4, 0.5) is 0 Å². The van der Waals surface area contributed by atoms with Crippen LogP contribution in [0.3, 0.4) is 0 Å². The third kappa shape index (κ3) is 3.35. The van der Waals surface area contributed by atoms with Gasteiger partial charge in [0.1, 0.15) is 29.2 Å². The predicted octanol–water partition coefficient (Wildman–Crippen LogP) is 3.30. The van der Waals surface area contributed by atoms with Crippen LogP contribution >= 0.6 is 0 Å². The highest BCUT2D eigenvalue weighted by molar-refractivity contribution is 5.37. The van der Waals surface area contributed by atoms with Gasteiger partial charge in [-0.15, -0.1) is 0 Å². The van der Waals surface area contributed by atoms with E-state index in [0.717, 1.165) is 17.1 Å². The van der Waals surface area contributed by atoms with E-state index < -0.39 is 6.10 Å². The first-order valence-electron chi connectivity index (χ1n) is 7.24. The standard InChI is InChI=1S/C18H18N2O3/c1-20-12-11-19-18(20)17(21)13-3-5-15(6-4-13)23-16-9-7-14(22-2)8-10-16/h3-12,17,21H,1-2H3. The van der Waals surface area contributed by atoms with Crippen molar-refractivity contribution in [1.82, 2.24) is 9.55 Å². The number of aryl methyl sites for hydroxylation is 1. The van der Waals surface area contributed by atoms with Gasteiger partial charge >= 0.3 is 0 Å². The lowest BCUT2D eigenvalue weighted by Crippen LogP contribution is -2.06. The van der Waals surface area contributed by atoms with Gasteiger partial charge in [-0.2, -0.15) is 0 Å². The lowest BCUT2D eigenvalue weighted by atomic mass is 10.1. The zero-order valence-electron chi connectivity index (χ0n) is 13.0. The highest BCUT2D eigenvalue weighted by Gasteiger charge is 2.14. The molecule has 2 aromatic carbocycles. The van der Waals surface area contributed by atoms with Gasteiger partial charge in [-0.05, 0) is 42.0 Å². The molecule has 0 fully saturated rings. The van der Waals surface area contributed by atoms with Gasteiger partial charge in [0.2, 0.25) is 0 Å². The Morgan fingerprint density at radius 2 is 1.52 bits per heavy atom. The van der Waals surface area contributed by atoms with E-state index in [0.29, 0.717) is 11.6 Å². The number of aliphatic hydroxyl groups excluding tert-OH is 1. The van der Waals surface area contributed by atoms with Gasteiger partial charge in [0, 0.05) is 19.4 Å². The summed E-state index contributed by atoms with van der Waals surface area (Å²) in [5, 5.41) is 10.4. The summed E-state index contributed by atoms with van der Waals surface area (Å²) in [5.41, 5.74) is 0.765. The minimum Gasteiger partial charge on any atom is -0.497 e. The zero-order chi connectivity index (χ0) is 16.2. The maximum absolute atomic E-state index is 10.4. The van der Waals surface area contributed by atoms with Crippen LogP contribution < -0.4 is 9.47 Å². The first-order chi connectivity index (χ1) is 11.2. The third-order valence-electron chi connectivity index (χ3n) is 3.59. The van der Waals surface area contributed by atoms with Crippen LogP contribution in [0.2, 0.25) is 0 Å². The molecule has 0 spiro atoms. The highest BCUT2D eigenvalue weighted by Crippen LogP contribution is 2.26. The molecular weight excluding hydrogens is 292 g/mol. The van der Waals surface area contributed by atoms with Crippen LogP contribution in [0, 0.1) is 0 Å². The Balaban J connectivity index is 1.72. The van der Waals surface area contributed by atoms with Gasteiger partial charge in [-0.3, -0.25) is 0 Å². The lowest BCUT2D eigenvalue weighted by molar-refractivity contribution is 0.206. The fourth-order valence-electron chi connectivity index (χ4n) is 2.29. The SMILES string of the molecule is COc1ccc(Oc2ccc(C(O)c3nccn3C)cc2)cc1. The summed E-state index contributed by atoms with van der Waals surface area (Å²) in [6.45, 7) is 0. The molecule has 1 unspecified atom stereocenters. The summed E-state index contributed by atoms with van der Waals surface area (Å²) in [4.78, 5) is 4.17. The van der Waals surface area contributed by atoms with Gasteiger partial charge in [-0.1, -0.05) is 12.1 Å². The largest absolute Gasteiger partial charge is 0.497 e. The molecule has 0 radical (unpaired) electrons. The van der Waals surface area contributed by atoms with Crippen molar-refractivity contribution in [3.63, 3.8) is 0 Å². The molecular formula is C18H18N2O3. The van der Waals surface area contributed by atoms with Crippen molar-refractivity contribution in [2.24, 2.45) is 7.05 Å². The molecule has 1 heterocycles. The normalized spacial score (nSPS) is 12.0. The Bertz CT molecular complexity index is 764. The van der Waals surface area contributed by atoms with E-state index in [1.165, 1.54) is 0 Å². The fourth-order valence-corrected chi connectivity index (χ4v) is 2.29. The number of hydrogen-bond donors (Lipinski definition) is 1. The zero-order valence-corrected chi connectivity index (χ0v) is 13.0. The Labute approximate surface area is 134 Å². The minimum absolute atomic E-state index is 0.605. The molecule has 5 nitrogen and oxygen atoms in total. The number of aromatic nitrogens is 2. The maximum atomic E-state index is 10.4. The van der Waals surface area contributed by atoms with Crippen molar-refractivity contribution in [3.8, 4) is 17.2 Å². The third-order valence-corrected chi connectivity index (χ3v) is 3.59. The second kappa shape index (κ2) is 6.54. The summed E-state index contributed by atoms with van der Waals surface area (Å²) in [5.74, 6) is 2.81. The smallest absolute Gasteiger partial charge is 0.142 e. The topological polar surface area (TPSA) is 56.5 Å². The van der Waals surface area contributed by atoms with Gasteiger partial charge in [0.15, 0.2) is 0 Å². The number of ether oxygens (including phenoxy) is 2. The molecule has 3 rings (SSSR count). The lowest BCUT2D eigenvalue weighted by Gasteiger charge is -2.12. The molecule has 1 N–H and O–H groups in total. The predicted molar refractivity (Wildman–Crippen MR) is 86.8 cm³/mol. The first-order valence-corrected chi connectivity index (χ1v) is 7.24. The van der Waals surface area contributed by atoms with Crippen LogP contribution in [-0.4, -0.2) is 21.8 Å². The second-order valence-electron chi connectivity index (χ2n) is 5.15. The van der Waals surface area contributed by atoms with Crippen LogP contribution in [0.15, 0.2) is 60.9 Å². The van der Waals surface area contributed by atoms with Gasteiger partial charge in [0.25, 0.3) is 0 Å².